The Balaban J connectivity index is 2.90. The molecule has 5 heteroatoms. The molecule has 0 radical (unpaired) electrons. The highest BCUT2D eigenvalue weighted by molar-refractivity contribution is 5.02. The van der Waals surface area contributed by atoms with E-state index in [1.165, 1.54) is 12.3 Å². The molecule has 13 heavy (non-hydrogen) atoms. The average Bonchev–Trinajstić information content (AvgIpc) is 2.31. The van der Waals surface area contributed by atoms with Crippen LogP contribution >= 0.6 is 0 Å². The van der Waals surface area contributed by atoms with Gasteiger partial charge in [-0.2, -0.15) is 9.78 Å². The first-order valence-electron chi connectivity index (χ1n) is 4.01. The number of rotatable bonds is 2. The summed E-state index contributed by atoms with van der Waals surface area (Å²) in [5.74, 6) is 0.192. The van der Waals surface area contributed by atoms with Crippen LogP contribution in [0.15, 0.2) is 12.3 Å². The summed E-state index contributed by atoms with van der Waals surface area (Å²) in [5, 5.41) is 3.23. The minimum Gasteiger partial charge on any atom is -0.176 e. The lowest BCUT2D eigenvalue weighted by Gasteiger charge is -2.11. The van der Waals surface area contributed by atoms with Crippen molar-refractivity contribution in [3.8, 4) is 0 Å². The number of halogens is 3. The molecule has 2 nitrogen and oxygen atoms in total. The van der Waals surface area contributed by atoms with Crippen LogP contribution in [0.25, 0.3) is 0 Å². The zero-order valence-corrected chi connectivity index (χ0v) is 7.47. The summed E-state index contributed by atoms with van der Waals surface area (Å²) in [6.07, 6.45) is -2.83. The van der Waals surface area contributed by atoms with Crippen LogP contribution in [0.5, 0.6) is 0 Å². The molecule has 0 bridgehead atoms. The third kappa shape index (κ3) is 2.47. The van der Waals surface area contributed by atoms with Crippen LogP contribution in [0.3, 0.4) is 0 Å². The Labute approximate surface area is 74.4 Å². The zero-order valence-electron chi connectivity index (χ0n) is 7.47. The number of nitrogens with zero attached hydrogens (tertiary/aromatic N) is 2. The van der Waals surface area contributed by atoms with E-state index in [-0.39, 0.29) is 16.3 Å². The van der Waals surface area contributed by atoms with Crippen LogP contribution in [0.2, 0.25) is 0 Å². The fourth-order valence-corrected chi connectivity index (χ4v) is 1.13. The molecule has 0 aliphatic carbocycles. The minimum absolute atomic E-state index is 0.118. The predicted octanol–water partition coefficient (Wildman–Crippen LogP) is 2.56. The molecule has 0 aliphatic rings. The van der Waals surface area contributed by atoms with Gasteiger partial charge in [-0.05, 0) is 18.4 Å². The fourth-order valence-electron chi connectivity index (χ4n) is 1.13. The Morgan fingerprint density at radius 2 is 2.08 bits per heavy atom. The molecule has 0 aromatic carbocycles. The van der Waals surface area contributed by atoms with Crippen molar-refractivity contribution in [3.63, 3.8) is 0 Å². The molecular weight excluding hydrogens is 181 g/mol. The number of hydrogen-bond acceptors (Lipinski definition) is 1. The normalized spacial score (nSPS) is 12.5. The highest BCUT2D eigenvalue weighted by Crippen LogP contribution is 2.23. The van der Waals surface area contributed by atoms with Gasteiger partial charge in [-0.15, -0.1) is 13.2 Å². The molecule has 0 amide bonds. The Kier molecular flexibility index (Phi) is 2.63. The topological polar surface area (TPSA) is 17.8 Å². The largest absolute Gasteiger partial charge is 0.504 e. The third-order valence-electron chi connectivity index (χ3n) is 1.58. The van der Waals surface area contributed by atoms with E-state index in [1.54, 1.807) is 0 Å². The van der Waals surface area contributed by atoms with Gasteiger partial charge in [0, 0.05) is 11.9 Å². The summed E-state index contributed by atoms with van der Waals surface area (Å²) in [4.78, 5) is 0. The molecule has 0 saturated heterocycles. The Bertz CT molecular complexity index is 275. The van der Waals surface area contributed by atoms with Gasteiger partial charge in [0.25, 0.3) is 0 Å². The number of hydrogen-bond donors (Lipinski definition) is 0. The SMILES string of the molecule is CC(C)Cc1ccnn1C(F)(F)F. The van der Waals surface area contributed by atoms with Gasteiger partial charge in [-0.25, -0.2) is 0 Å². The molecule has 1 aromatic heterocycles. The first-order chi connectivity index (χ1) is 5.91. The number of aromatic nitrogens is 2. The first kappa shape index (κ1) is 10.1. The summed E-state index contributed by atoms with van der Waals surface area (Å²) in [5.41, 5.74) is 0.211. The summed E-state index contributed by atoms with van der Waals surface area (Å²) < 4.78 is 36.8. The van der Waals surface area contributed by atoms with Crippen molar-refractivity contribution in [3.05, 3.63) is 18.0 Å². The molecule has 0 saturated carbocycles. The Hall–Kier alpha value is -1.00. The van der Waals surface area contributed by atoms with Gasteiger partial charge in [-0.1, -0.05) is 13.8 Å². The Morgan fingerprint density at radius 1 is 1.46 bits per heavy atom. The molecule has 0 aliphatic heterocycles. The molecular formula is C8H11F3N2. The minimum atomic E-state index is -4.40. The highest BCUT2D eigenvalue weighted by Gasteiger charge is 2.33. The lowest BCUT2D eigenvalue weighted by Crippen LogP contribution is -2.21. The van der Waals surface area contributed by atoms with E-state index in [0.29, 0.717) is 6.42 Å². The van der Waals surface area contributed by atoms with Gasteiger partial charge in [0.1, 0.15) is 0 Å². The maximum absolute atomic E-state index is 12.2. The van der Waals surface area contributed by atoms with Crippen molar-refractivity contribution < 1.29 is 13.2 Å². The standard InChI is InChI=1S/C8H11F3N2/c1-6(2)5-7-3-4-12-13(7)8(9,10)11/h3-4,6H,5H2,1-2H3. The van der Waals surface area contributed by atoms with Crippen LogP contribution in [0, 0.1) is 5.92 Å². The van der Waals surface area contributed by atoms with Gasteiger partial charge in [-0.3, -0.25) is 0 Å². The van der Waals surface area contributed by atoms with Crippen molar-refractivity contribution in [2.45, 2.75) is 26.6 Å². The van der Waals surface area contributed by atoms with E-state index in [1.807, 2.05) is 13.8 Å². The molecule has 1 aromatic rings. The van der Waals surface area contributed by atoms with E-state index < -0.39 is 6.30 Å². The second-order valence-corrected chi connectivity index (χ2v) is 3.30. The van der Waals surface area contributed by atoms with Crippen LogP contribution in [0.4, 0.5) is 13.2 Å². The molecule has 1 rings (SSSR count). The van der Waals surface area contributed by atoms with Crippen molar-refractivity contribution >= 4 is 0 Å². The van der Waals surface area contributed by atoms with E-state index in [0.717, 1.165) is 0 Å². The van der Waals surface area contributed by atoms with E-state index in [2.05, 4.69) is 5.10 Å². The van der Waals surface area contributed by atoms with Crippen molar-refractivity contribution in [2.75, 3.05) is 0 Å². The summed E-state index contributed by atoms with van der Waals surface area (Å²) in [6.45, 7) is 3.74. The van der Waals surface area contributed by atoms with Crippen LogP contribution in [-0.2, 0) is 12.7 Å². The third-order valence-corrected chi connectivity index (χ3v) is 1.58. The van der Waals surface area contributed by atoms with Crippen molar-refractivity contribution in [1.29, 1.82) is 0 Å². The van der Waals surface area contributed by atoms with Crippen LogP contribution < -0.4 is 0 Å². The van der Waals surface area contributed by atoms with E-state index in [4.69, 9.17) is 0 Å². The van der Waals surface area contributed by atoms with Crippen molar-refractivity contribution in [2.24, 2.45) is 5.92 Å². The summed E-state index contributed by atoms with van der Waals surface area (Å²) >= 11 is 0. The summed E-state index contributed by atoms with van der Waals surface area (Å²) in [6, 6.07) is 1.40. The monoisotopic (exact) mass is 192 g/mol. The lowest BCUT2D eigenvalue weighted by atomic mass is 10.1. The molecule has 0 unspecified atom stereocenters. The van der Waals surface area contributed by atoms with E-state index >= 15 is 0 Å². The second-order valence-electron chi connectivity index (χ2n) is 3.30. The summed E-state index contributed by atoms with van der Waals surface area (Å²) in [7, 11) is 0. The van der Waals surface area contributed by atoms with Gasteiger partial charge in [0.2, 0.25) is 0 Å². The lowest BCUT2D eigenvalue weighted by molar-refractivity contribution is -0.213. The van der Waals surface area contributed by atoms with Crippen LogP contribution in [-0.4, -0.2) is 9.78 Å². The van der Waals surface area contributed by atoms with Gasteiger partial charge >= 0.3 is 6.30 Å². The van der Waals surface area contributed by atoms with Gasteiger partial charge in [0.05, 0.1) is 0 Å². The Morgan fingerprint density at radius 3 is 2.54 bits per heavy atom. The fraction of sp³-hybridized carbons (Fsp3) is 0.625. The van der Waals surface area contributed by atoms with Crippen LogP contribution in [0.1, 0.15) is 19.5 Å². The van der Waals surface area contributed by atoms with Gasteiger partial charge in [0.15, 0.2) is 0 Å². The second kappa shape index (κ2) is 3.40. The van der Waals surface area contributed by atoms with Gasteiger partial charge < -0.3 is 0 Å². The quantitative estimate of drug-likeness (QED) is 0.704. The molecule has 0 spiro atoms. The molecule has 0 atom stereocenters. The predicted molar refractivity (Wildman–Crippen MR) is 42.1 cm³/mol. The molecule has 1 heterocycles. The maximum Gasteiger partial charge on any atom is 0.504 e. The smallest absolute Gasteiger partial charge is 0.176 e. The average molecular weight is 192 g/mol. The van der Waals surface area contributed by atoms with E-state index in [9.17, 15) is 13.2 Å². The molecule has 0 fully saturated rings. The first-order valence-corrected chi connectivity index (χ1v) is 4.01. The molecule has 0 N–H and O–H groups in total. The highest BCUT2D eigenvalue weighted by atomic mass is 19.4. The maximum atomic E-state index is 12.2. The zero-order chi connectivity index (χ0) is 10.1. The van der Waals surface area contributed by atoms with Crippen molar-refractivity contribution in [1.82, 2.24) is 9.78 Å². The number of alkyl halides is 3. The molecule has 74 valence electrons.